The molecule has 1 aromatic rings. The Kier molecular flexibility index (Phi) is 5.00. The van der Waals surface area contributed by atoms with E-state index in [1.807, 2.05) is 0 Å². The second-order valence-corrected chi connectivity index (χ2v) is 8.75. The lowest BCUT2D eigenvalue weighted by Crippen LogP contribution is -2.53. The summed E-state index contributed by atoms with van der Waals surface area (Å²) >= 11 is 0. The molecule has 9 heteroatoms. The van der Waals surface area contributed by atoms with Crippen molar-refractivity contribution in [2.24, 2.45) is 5.92 Å². The monoisotopic (exact) mass is 378 g/mol. The molecule has 0 spiro atoms. The number of benzene rings is 1. The Morgan fingerprint density at radius 2 is 2.04 bits per heavy atom. The first-order chi connectivity index (χ1) is 11.7. The predicted molar refractivity (Wildman–Crippen MR) is 86.7 cm³/mol. The van der Waals surface area contributed by atoms with Crippen molar-refractivity contribution in [2.45, 2.75) is 32.2 Å². The molecule has 1 atom stereocenters. The first-order valence-corrected chi connectivity index (χ1v) is 9.88. The number of sulfonamides is 1. The topological polar surface area (TPSA) is 58.6 Å². The van der Waals surface area contributed by atoms with Gasteiger partial charge in [0.05, 0.1) is 5.75 Å². The van der Waals surface area contributed by atoms with Crippen LogP contribution in [0, 0.1) is 5.92 Å². The summed E-state index contributed by atoms with van der Waals surface area (Å²) in [7, 11) is -3.12. The zero-order valence-electron chi connectivity index (χ0n) is 13.8. The molecule has 5 nitrogen and oxygen atoms in total. The highest BCUT2D eigenvalue weighted by Gasteiger charge is 2.35. The third-order valence-electron chi connectivity index (χ3n) is 4.76. The van der Waals surface area contributed by atoms with E-state index in [1.54, 1.807) is 13.0 Å². The highest BCUT2D eigenvalue weighted by Crippen LogP contribution is 2.35. The van der Waals surface area contributed by atoms with Gasteiger partial charge < -0.3 is 10.1 Å². The minimum absolute atomic E-state index is 0.0244. The number of alkyl halides is 3. The molecule has 0 amide bonds. The van der Waals surface area contributed by atoms with Crippen molar-refractivity contribution >= 4 is 10.0 Å². The summed E-state index contributed by atoms with van der Waals surface area (Å²) in [5.41, 5.74) is 1.86. The largest absolute Gasteiger partial charge is 0.573 e. The molecule has 1 heterocycles. The molecular weight excluding hydrogens is 357 g/mol. The van der Waals surface area contributed by atoms with Crippen LogP contribution < -0.4 is 10.1 Å². The van der Waals surface area contributed by atoms with E-state index in [0.29, 0.717) is 19.6 Å². The second-order valence-electron chi connectivity index (χ2n) is 6.49. The summed E-state index contributed by atoms with van der Waals surface area (Å²) in [5, 5.41) is 3.36. The van der Waals surface area contributed by atoms with Crippen LogP contribution in [0.4, 0.5) is 13.2 Å². The zero-order chi connectivity index (χ0) is 18.2. The molecule has 0 aromatic heterocycles. The van der Waals surface area contributed by atoms with Crippen LogP contribution in [0.1, 0.15) is 30.5 Å². The summed E-state index contributed by atoms with van der Waals surface area (Å²) in [6.07, 6.45) is -3.08. The molecule has 25 heavy (non-hydrogen) atoms. The van der Waals surface area contributed by atoms with Crippen molar-refractivity contribution in [3.63, 3.8) is 0 Å². The molecule has 1 unspecified atom stereocenters. The fraction of sp³-hybridized carbons (Fsp3) is 0.625. The van der Waals surface area contributed by atoms with E-state index in [1.165, 1.54) is 16.4 Å². The average Bonchev–Trinajstić information content (AvgIpc) is 2.86. The molecule has 1 fully saturated rings. The number of nitrogens with one attached hydrogen (secondary N) is 1. The Morgan fingerprint density at radius 3 is 2.68 bits per heavy atom. The average molecular weight is 378 g/mol. The van der Waals surface area contributed by atoms with Gasteiger partial charge in [0.25, 0.3) is 0 Å². The van der Waals surface area contributed by atoms with Gasteiger partial charge in [0.1, 0.15) is 5.75 Å². The highest BCUT2D eigenvalue weighted by atomic mass is 32.2. The van der Waals surface area contributed by atoms with Gasteiger partial charge in [-0.15, -0.1) is 13.2 Å². The van der Waals surface area contributed by atoms with E-state index in [2.05, 4.69) is 10.1 Å². The van der Waals surface area contributed by atoms with Crippen molar-refractivity contribution in [2.75, 3.05) is 25.4 Å². The number of rotatable bonds is 6. The van der Waals surface area contributed by atoms with Crippen LogP contribution in [0.5, 0.6) is 5.75 Å². The standard InChI is InChI=1S/C16H21F3N2O3S/c1-2-25(22,23)21-9-11(10-21)8-20-15-6-4-12-3-5-13(7-14(12)15)24-16(17,18)19/h3,5,7,11,15,20H,2,4,6,8-10H2,1H3. The van der Waals surface area contributed by atoms with Crippen molar-refractivity contribution in [1.82, 2.24) is 9.62 Å². The number of hydrogen-bond acceptors (Lipinski definition) is 4. The number of ether oxygens (including phenoxy) is 1. The van der Waals surface area contributed by atoms with E-state index < -0.39 is 16.4 Å². The van der Waals surface area contributed by atoms with Gasteiger partial charge in [0.2, 0.25) is 10.0 Å². The maximum Gasteiger partial charge on any atom is 0.573 e. The van der Waals surface area contributed by atoms with Crippen molar-refractivity contribution in [3.8, 4) is 5.75 Å². The molecule has 1 aliphatic carbocycles. The van der Waals surface area contributed by atoms with Crippen LogP contribution in [0.25, 0.3) is 0 Å². The number of fused-ring (bicyclic) bond motifs is 1. The minimum Gasteiger partial charge on any atom is -0.406 e. The van der Waals surface area contributed by atoms with Gasteiger partial charge in [-0.25, -0.2) is 12.7 Å². The molecule has 0 bridgehead atoms. The molecule has 0 radical (unpaired) electrons. The van der Waals surface area contributed by atoms with Gasteiger partial charge in [-0.05, 0) is 48.9 Å². The van der Waals surface area contributed by atoms with Crippen LogP contribution in [0.2, 0.25) is 0 Å². The summed E-state index contributed by atoms with van der Waals surface area (Å²) in [6, 6.07) is 4.44. The maximum absolute atomic E-state index is 12.4. The summed E-state index contributed by atoms with van der Waals surface area (Å²) in [5.74, 6) is 0.134. The molecule has 1 saturated heterocycles. The molecule has 0 saturated carbocycles. The van der Waals surface area contributed by atoms with Crippen molar-refractivity contribution in [3.05, 3.63) is 29.3 Å². The van der Waals surface area contributed by atoms with Gasteiger partial charge in [-0.1, -0.05) is 6.07 Å². The zero-order valence-corrected chi connectivity index (χ0v) is 14.7. The molecule has 3 rings (SSSR count). The fourth-order valence-electron chi connectivity index (χ4n) is 3.36. The van der Waals surface area contributed by atoms with Crippen LogP contribution in [-0.2, 0) is 16.4 Å². The molecule has 1 aliphatic heterocycles. The third-order valence-corrected chi connectivity index (χ3v) is 6.58. The predicted octanol–water partition coefficient (Wildman–Crippen LogP) is 2.44. The van der Waals surface area contributed by atoms with Gasteiger partial charge in [0.15, 0.2) is 0 Å². The van der Waals surface area contributed by atoms with Crippen LogP contribution in [0.3, 0.4) is 0 Å². The van der Waals surface area contributed by atoms with Gasteiger partial charge in [0, 0.05) is 25.7 Å². The first-order valence-electron chi connectivity index (χ1n) is 8.27. The fourth-order valence-corrected chi connectivity index (χ4v) is 4.60. The highest BCUT2D eigenvalue weighted by molar-refractivity contribution is 7.89. The Balaban J connectivity index is 1.56. The van der Waals surface area contributed by atoms with Crippen molar-refractivity contribution < 1.29 is 26.3 Å². The molecule has 1 N–H and O–H groups in total. The lowest BCUT2D eigenvalue weighted by molar-refractivity contribution is -0.274. The number of aryl methyl sites for hydroxylation is 1. The van der Waals surface area contributed by atoms with E-state index >= 15 is 0 Å². The van der Waals surface area contributed by atoms with E-state index in [0.717, 1.165) is 24.0 Å². The Hall–Kier alpha value is -1.32. The van der Waals surface area contributed by atoms with Crippen molar-refractivity contribution in [1.29, 1.82) is 0 Å². The van der Waals surface area contributed by atoms with Gasteiger partial charge in [-0.2, -0.15) is 0 Å². The molecular formula is C16H21F3N2O3S. The molecule has 1 aromatic carbocycles. The lowest BCUT2D eigenvalue weighted by atomic mass is 10.0. The number of hydrogen-bond donors (Lipinski definition) is 1. The minimum atomic E-state index is -4.70. The lowest BCUT2D eigenvalue weighted by Gasteiger charge is -2.38. The first kappa shape index (κ1) is 18.5. The third kappa shape index (κ3) is 4.27. The SMILES string of the molecule is CCS(=O)(=O)N1CC(CNC2CCc3ccc(OC(F)(F)F)cc32)C1. The normalized spacial score (nSPS) is 21.8. The maximum atomic E-state index is 12.4. The van der Waals surface area contributed by atoms with Crippen LogP contribution >= 0.6 is 0 Å². The molecule has 140 valence electrons. The quantitative estimate of drug-likeness (QED) is 0.826. The van der Waals surface area contributed by atoms with E-state index in [-0.39, 0.29) is 23.5 Å². The second kappa shape index (κ2) is 6.77. The Morgan fingerprint density at radius 1 is 1.32 bits per heavy atom. The van der Waals surface area contributed by atoms with Gasteiger partial charge >= 0.3 is 6.36 Å². The summed E-state index contributed by atoms with van der Waals surface area (Å²) in [6.45, 7) is 3.26. The summed E-state index contributed by atoms with van der Waals surface area (Å²) < 4.78 is 66.0. The Labute approximate surface area is 145 Å². The van der Waals surface area contributed by atoms with Crippen LogP contribution in [0.15, 0.2) is 18.2 Å². The Bertz CT molecular complexity index is 731. The molecule has 2 aliphatic rings. The van der Waals surface area contributed by atoms with Gasteiger partial charge in [-0.3, -0.25) is 0 Å². The number of nitrogens with zero attached hydrogens (tertiary/aromatic N) is 1. The van der Waals surface area contributed by atoms with E-state index in [9.17, 15) is 21.6 Å². The van der Waals surface area contributed by atoms with E-state index in [4.69, 9.17) is 0 Å². The summed E-state index contributed by atoms with van der Waals surface area (Å²) in [4.78, 5) is 0. The number of halogens is 3. The smallest absolute Gasteiger partial charge is 0.406 e. The van der Waals surface area contributed by atoms with Crippen LogP contribution in [-0.4, -0.2) is 44.5 Å².